The number of aliphatic hydroxyl groups excluding tert-OH is 1. The lowest BCUT2D eigenvalue weighted by molar-refractivity contribution is 0.0677. The average Bonchev–Trinajstić information content (AvgIpc) is 2.77. The van der Waals surface area contributed by atoms with Crippen molar-refractivity contribution in [1.82, 2.24) is 9.88 Å². The number of hydrogen-bond donors (Lipinski definition) is 1. The van der Waals surface area contributed by atoms with E-state index in [0.29, 0.717) is 17.3 Å². The summed E-state index contributed by atoms with van der Waals surface area (Å²) in [7, 11) is 0. The van der Waals surface area contributed by atoms with E-state index in [1.807, 2.05) is 0 Å². The quantitative estimate of drug-likeness (QED) is 0.794. The number of aromatic nitrogens is 1. The Morgan fingerprint density at radius 2 is 2.44 bits per heavy atom. The molecule has 86 valence electrons. The number of likely N-dealkylation sites (tertiary alicyclic amines) is 1. The summed E-state index contributed by atoms with van der Waals surface area (Å²) < 4.78 is 0. The Kier molecular flexibility index (Phi) is 3.41. The van der Waals surface area contributed by atoms with E-state index in [2.05, 4.69) is 4.98 Å². The molecule has 16 heavy (non-hydrogen) atoms. The van der Waals surface area contributed by atoms with Crippen LogP contribution in [0.25, 0.3) is 0 Å². The van der Waals surface area contributed by atoms with Crippen molar-refractivity contribution in [2.24, 2.45) is 0 Å². The Labute approximate surface area is 98.9 Å². The van der Waals surface area contributed by atoms with Crippen LogP contribution in [0.1, 0.15) is 23.2 Å². The second kappa shape index (κ2) is 4.80. The van der Waals surface area contributed by atoms with Crippen LogP contribution in [-0.2, 0) is 0 Å². The van der Waals surface area contributed by atoms with Gasteiger partial charge in [0.1, 0.15) is 5.15 Å². The molecule has 0 spiro atoms. The van der Waals surface area contributed by atoms with Crippen molar-refractivity contribution in [1.29, 1.82) is 0 Å². The first-order valence-electron chi connectivity index (χ1n) is 5.26. The summed E-state index contributed by atoms with van der Waals surface area (Å²) in [4.78, 5) is 17.6. The number of aliphatic hydroxyl groups is 1. The van der Waals surface area contributed by atoms with Crippen LogP contribution in [0, 0.1) is 0 Å². The first-order valence-corrected chi connectivity index (χ1v) is 5.63. The normalized spacial score (nSPS) is 20.1. The van der Waals surface area contributed by atoms with Crippen LogP contribution in [0.15, 0.2) is 18.3 Å². The molecule has 1 aromatic heterocycles. The van der Waals surface area contributed by atoms with Gasteiger partial charge in [0.25, 0.3) is 5.91 Å². The van der Waals surface area contributed by atoms with E-state index in [0.717, 1.165) is 12.8 Å². The summed E-state index contributed by atoms with van der Waals surface area (Å²) in [5.74, 6) is -0.0827. The van der Waals surface area contributed by atoms with E-state index in [4.69, 9.17) is 16.7 Å². The topological polar surface area (TPSA) is 53.4 Å². The Bertz CT molecular complexity index is 380. The fraction of sp³-hybridized carbons (Fsp3) is 0.455. The summed E-state index contributed by atoms with van der Waals surface area (Å²) in [5, 5.41) is 9.52. The summed E-state index contributed by atoms with van der Waals surface area (Å²) in [6, 6.07) is 3.20. The maximum atomic E-state index is 12.1. The molecule has 1 fully saturated rings. The van der Waals surface area contributed by atoms with Gasteiger partial charge < -0.3 is 10.0 Å². The zero-order chi connectivity index (χ0) is 11.5. The molecule has 1 amide bonds. The highest BCUT2D eigenvalue weighted by molar-refractivity contribution is 6.29. The molecule has 2 rings (SSSR count). The maximum Gasteiger partial charge on any atom is 0.255 e. The predicted octanol–water partition coefficient (Wildman–Crippen LogP) is 1.33. The highest BCUT2D eigenvalue weighted by Crippen LogP contribution is 2.19. The van der Waals surface area contributed by atoms with Gasteiger partial charge in [-0.2, -0.15) is 0 Å². The number of carbonyl (C=O) groups is 1. The molecule has 2 heterocycles. The van der Waals surface area contributed by atoms with Crippen molar-refractivity contribution < 1.29 is 9.90 Å². The van der Waals surface area contributed by atoms with Gasteiger partial charge in [-0.05, 0) is 25.0 Å². The van der Waals surface area contributed by atoms with Gasteiger partial charge in [0.05, 0.1) is 18.2 Å². The lowest BCUT2D eigenvalue weighted by atomic mass is 10.2. The van der Waals surface area contributed by atoms with Gasteiger partial charge >= 0.3 is 0 Å². The molecule has 0 radical (unpaired) electrons. The molecular formula is C11H13ClN2O2. The molecule has 1 aliphatic heterocycles. The van der Waals surface area contributed by atoms with E-state index in [1.54, 1.807) is 17.0 Å². The van der Waals surface area contributed by atoms with Crippen LogP contribution in [-0.4, -0.2) is 40.1 Å². The molecular weight excluding hydrogens is 228 g/mol. The van der Waals surface area contributed by atoms with E-state index >= 15 is 0 Å². The molecule has 0 saturated carbocycles. The molecule has 0 aromatic carbocycles. The number of hydrogen-bond acceptors (Lipinski definition) is 3. The van der Waals surface area contributed by atoms with E-state index in [9.17, 15) is 4.79 Å². The Morgan fingerprint density at radius 3 is 3.06 bits per heavy atom. The van der Waals surface area contributed by atoms with Gasteiger partial charge in [0, 0.05) is 12.7 Å². The van der Waals surface area contributed by atoms with Crippen LogP contribution in [0.4, 0.5) is 0 Å². The molecule has 1 saturated heterocycles. The first-order chi connectivity index (χ1) is 7.72. The summed E-state index contributed by atoms with van der Waals surface area (Å²) in [6.07, 6.45) is 3.28. The Morgan fingerprint density at radius 1 is 1.62 bits per heavy atom. The third-order valence-corrected chi connectivity index (χ3v) is 3.05. The number of pyridine rings is 1. The van der Waals surface area contributed by atoms with Gasteiger partial charge in [-0.3, -0.25) is 4.79 Å². The smallest absolute Gasteiger partial charge is 0.255 e. The van der Waals surface area contributed by atoms with Crippen LogP contribution in [0.2, 0.25) is 5.15 Å². The minimum absolute atomic E-state index is 0.0206. The lowest BCUT2D eigenvalue weighted by Gasteiger charge is -2.22. The standard InChI is InChI=1S/C11H13ClN2O2/c12-10-4-3-8(6-13-10)11(16)14-5-1-2-9(14)7-15/h3-4,6,9,15H,1-2,5,7H2. The van der Waals surface area contributed by atoms with Crippen molar-refractivity contribution in [2.45, 2.75) is 18.9 Å². The number of carbonyl (C=O) groups excluding carboxylic acids is 1. The summed E-state index contributed by atoms with van der Waals surface area (Å²) in [6.45, 7) is 0.722. The second-order valence-corrected chi connectivity index (χ2v) is 4.23. The second-order valence-electron chi connectivity index (χ2n) is 3.85. The predicted molar refractivity (Wildman–Crippen MR) is 60.4 cm³/mol. The molecule has 0 bridgehead atoms. The fourth-order valence-electron chi connectivity index (χ4n) is 1.96. The SMILES string of the molecule is O=C(c1ccc(Cl)nc1)N1CCCC1CO. The van der Waals surface area contributed by atoms with Crippen molar-refractivity contribution in [3.63, 3.8) is 0 Å². The molecule has 1 N–H and O–H groups in total. The van der Waals surface area contributed by atoms with E-state index in [1.165, 1.54) is 6.20 Å². The molecule has 0 aliphatic carbocycles. The van der Waals surface area contributed by atoms with Crippen LogP contribution < -0.4 is 0 Å². The molecule has 1 unspecified atom stereocenters. The molecule has 4 nitrogen and oxygen atoms in total. The fourth-order valence-corrected chi connectivity index (χ4v) is 2.07. The van der Waals surface area contributed by atoms with Crippen LogP contribution >= 0.6 is 11.6 Å². The largest absolute Gasteiger partial charge is 0.394 e. The zero-order valence-electron chi connectivity index (χ0n) is 8.77. The average molecular weight is 241 g/mol. The van der Waals surface area contributed by atoms with Crippen molar-refractivity contribution in [3.05, 3.63) is 29.0 Å². The Hall–Kier alpha value is -1.13. The van der Waals surface area contributed by atoms with Gasteiger partial charge in [-0.15, -0.1) is 0 Å². The summed E-state index contributed by atoms with van der Waals surface area (Å²) >= 11 is 5.66. The third kappa shape index (κ3) is 2.18. The minimum atomic E-state index is -0.0827. The van der Waals surface area contributed by atoms with Gasteiger partial charge in [-0.25, -0.2) is 4.98 Å². The van der Waals surface area contributed by atoms with Gasteiger partial charge in [-0.1, -0.05) is 11.6 Å². The molecule has 5 heteroatoms. The first kappa shape index (κ1) is 11.4. The molecule has 1 aliphatic rings. The molecule has 1 aromatic rings. The number of amides is 1. The highest BCUT2D eigenvalue weighted by Gasteiger charge is 2.28. The van der Waals surface area contributed by atoms with Crippen LogP contribution in [0.5, 0.6) is 0 Å². The number of nitrogens with zero attached hydrogens (tertiary/aromatic N) is 2. The van der Waals surface area contributed by atoms with Gasteiger partial charge in [0.2, 0.25) is 0 Å². The molecule has 1 atom stereocenters. The number of halogens is 1. The van der Waals surface area contributed by atoms with E-state index < -0.39 is 0 Å². The Balaban J connectivity index is 2.15. The third-order valence-electron chi connectivity index (χ3n) is 2.82. The van der Waals surface area contributed by atoms with Gasteiger partial charge in [0.15, 0.2) is 0 Å². The van der Waals surface area contributed by atoms with Crippen molar-refractivity contribution in [2.75, 3.05) is 13.2 Å². The van der Waals surface area contributed by atoms with Crippen molar-refractivity contribution in [3.8, 4) is 0 Å². The highest BCUT2D eigenvalue weighted by atomic mass is 35.5. The summed E-state index contributed by atoms with van der Waals surface area (Å²) in [5.41, 5.74) is 0.518. The van der Waals surface area contributed by atoms with Crippen molar-refractivity contribution >= 4 is 17.5 Å². The number of rotatable bonds is 2. The lowest BCUT2D eigenvalue weighted by Crippen LogP contribution is -2.37. The van der Waals surface area contributed by atoms with Crippen LogP contribution in [0.3, 0.4) is 0 Å². The minimum Gasteiger partial charge on any atom is -0.394 e. The zero-order valence-corrected chi connectivity index (χ0v) is 9.52. The monoisotopic (exact) mass is 240 g/mol. The van der Waals surface area contributed by atoms with E-state index in [-0.39, 0.29) is 18.6 Å². The maximum absolute atomic E-state index is 12.1.